The van der Waals surface area contributed by atoms with E-state index in [0.717, 1.165) is 17.1 Å². The predicted molar refractivity (Wildman–Crippen MR) is 87.6 cm³/mol. The van der Waals surface area contributed by atoms with Crippen LogP contribution in [0.3, 0.4) is 0 Å². The Morgan fingerprint density at radius 2 is 1.75 bits per heavy atom. The van der Waals surface area contributed by atoms with E-state index in [4.69, 9.17) is 11.6 Å². The van der Waals surface area contributed by atoms with Crippen LogP contribution in [0, 0.1) is 20.8 Å². The molecule has 0 aliphatic carbocycles. The summed E-state index contributed by atoms with van der Waals surface area (Å²) in [4.78, 5) is 0. The van der Waals surface area contributed by atoms with Crippen LogP contribution in [0.25, 0.3) is 0 Å². The van der Waals surface area contributed by atoms with Crippen molar-refractivity contribution in [3.63, 3.8) is 0 Å². The first-order valence-electron chi connectivity index (χ1n) is 7.09. The lowest BCUT2D eigenvalue weighted by molar-refractivity contribution is 0.630. The minimum atomic E-state index is 0.145. The van der Waals surface area contributed by atoms with E-state index in [1.807, 2.05) is 0 Å². The molecule has 1 N–H and O–H groups in total. The van der Waals surface area contributed by atoms with E-state index < -0.39 is 0 Å². The molecule has 0 fully saturated rings. The van der Waals surface area contributed by atoms with Gasteiger partial charge in [-0.05, 0) is 55.6 Å². The second-order valence-corrected chi connectivity index (χ2v) is 5.77. The molecule has 20 heavy (non-hydrogen) atoms. The Hall–Kier alpha value is -1.31. The van der Waals surface area contributed by atoms with Crippen molar-refractivity contribution in [1.29, 1.82) is 0 Å². The van der Waals surface area contributed by atoms with Crippen LogP contribution in [-0.2, 0) is 0 Å². The highest BCUT2D eigenvalue weighted by Crippen LogP contribution is 2.31. The normalized spacial score (nSPS) is 12.4. The number of nitrogens with one attached hydrogen (secondary N) is 1. The summed E-state index contributed by atoms with van der Waals surface area (Å²) in [5.41, 5.74) is 6.20. The van der Waals surface area contributed by atoms with E-state index >= 15 is 0 Å². The average Bonchev–Trinajstić information content (AvgIpc) is 2.40. The van der Waals surface area contributed by atoms with Gasteiger partial charge in [0.05, 0.1) is 6.04 Å². The smallest absolute Gasteiger partial charge is 0.0591 e. The van der Waals surface area contributed by atoms with E-state index in [0.29, 0.717) is 0 Å². The van der Waals surface area contributed by atoms with Crippen LogP contribution in [0.2, 0.25) is 5.02 Å². The van der Waals surface area contributed by atoms with E-state index in [9.17, 15) is 0 Å². The third kappa shape index (κ3) is 3.23. The van der Waals surface area contributed by atoms with E-state index in [1.165, 1.54) is 22.3 Å². The molecule has 0 aliphatic heterocycles. The van der Waals surface area contributed by atoms with Gasteiger partial charge in [0.1, 0.15) is 0 Å². The molecule has 0 aliphatic rings. The Kier molecular flexibility index (Phi) is 4.85. The molecule has 2 aromatic carbocycles. The lowest BCUT2D eigenvalue weighted by atomic mass is 9.94. The standard InChI is InChI=1S/C18H22ClN/c1-5-20-18(15-8-6-7-12(2)9-15)16-10-13(3)14(4)11-17(16)19/h6-11,18,20H,5H2,1-4H3. The highest BCUT2D eigenvalue weighted by atomic mass is 35.5. The lowest BCUT2D eigenvalue weighted by Gasteiger charge is -2.22. The first kappa shape index (κ1) is 15.1. The number of hydrogen-bond donors (Lipinski definition) is 1. The second-order valence-electron chi connectivity index (χ2n) is 5.36. The summed E-state index contributed by atoms with van der Waals surface area (Å²) in [5.74, 6) is 0. The topological polar surface area (TPSA) is 12.0 Å². The van der Waals surface area contributed by atoms with Crippen LogP contribution in [-0.4, -0.2) is 6.54 Å². The monoisotopic (exact) mass is 287 g/mol. The van der Waals surface area contributed by atoms with E-state index in [1.54, 1.807) is 0 Å². The van der Waals surface area contributed by atoms with Crippen LogP contribution < -0.4 is 5.32 Å². The maximum atomic E-state index is 6.48. The number of hydrogen-bond acceptors (Lipinski definition) is 1. The predicted octanol–water partition coefficient (Wildman–Crippen LogP) is 4.96. The highest BCUT2D eigenvalue weighted by Gasteiger charge is 2.17. The van der Waals surface area contributed by atoms with Crippen LogP contribution in [0.4, 0.5) is 0 Å². The van der Waals surface area contributed by atoms with Gasteiger partial charge in [-0.25, -0.2) is 0 Å². The fourth-order valence-corrected chi connectivity index (χ4v) is 2.81. The zero-order chi connectivity index (χ0) is 14.7. The zero-order valence-electron chi connectivity index (χ0n) is 12.6. The van der Waals surface area contributed by atoms with Crippen molar-refractivity contribution in [1.82, 2.24) is 5.32 Å². The number of aryl methyl sites for hydroxylation is 3. The lowest BCUT2D eigenvalue weighted by Crippen LogP contribution is -2.22. The maximum absolute atomic E-state index is 6.48. The van der Waals surface area contributed by atoms with Crippen LogP contribution in [0.5, 0.6) is 0 Å². The van der Waals surface area contributed by atoms with Gasteiger partial charge in [0, 0.05) is 5.02 Å². The SMILES string of the molecule is CCNC(c1cccc(C)c1)c1cc(C)c(C)cc1Cl. The van der Waals surface area contributed by atoms with Gasteiger partial charge in [-0.1, -0.05) is 54.4 Å². The van der Waals surface area contributed by atoms with Crippen LogP contribution in [0.15, 0.2) is 36.4 Å². The molecular weight excluding hydrogens is 266 g/mol. The van der Waals surface area contributed by atoms with Gasteiger partial charge in [0.15, 0.2) is 0 Å². The van der Waals surface area contributed by atoms with Crippen molar-refractivity contribution in [2.75, 3.05) is 6.54 Å². The quantitative estimate of drug-likeness (QED) is 0.838. The first-order chi connectivity index (χ1) is 9.52. The molecule has 2 aromatic rings. The number of halogens is 1. The number of benzene rings is 2. The van der Waals surface area contributed by atoms with Crippen molar-refractivity contribution in [2.24, 2.45) is 0 Å². The summed E-state index contributed by atoms with van der Waals surface area (Å²) in [5, 5.41) is 4.38. The maximum Gasteiger partial charge on any atom is 0.0591 e. The minimum Gasteiger partial charge on any atom is -0.306 e. The fourth-order valence-electron chi connectivity index (χ4n) is 2.49. The summed E-state index contributed by atoms with van der Waals surface area (Å²) in [6.45, 7) is 9.38. The molecule has 0 heterocycles. The van der Waals surface area contributed by atoms with E-state index in [2.05, 4.69) is 69.4 Å². The molecule has 1 atom stereocenters. The molecule has 1 unspecified atom stereocenters. The van der Waals surface area contributed by atoms with Gasteiger partial charge < -0.3 is 5.32 Å². The summed E-state index contributed by atoms with van der Waals surface area (Å²) < 4.78 is 0. The Bertz CT molecular complexity index is 604. The van der Waals surface area contributed by atoms with E-state index in [-0.39, 0.29) is 6.04 Å². The Morgan fingerprint density at radius 3 is 2.40 bits per heavy atom. The molecule has 1 nitrogen and oxygen atoms in total. The average molecular weight is 288 g/mol. The molecule has 0 amide bonds. The summed E-state index contributed by atoms with van der Waals surface area (Å²) in [6.07, 6.45) is 0. The molecule has 106 valence electrons. The molecule has 2 heteroatoms. The Morgan fingerprint density at radius 1 is 1.05 bits per heavy atom. The highest BCUT2D eigenvalue weighted by molar-refractivity contribution is 6.31. The molecule has 0 saturated heterocycles. The zero-order valence-corrected chi connectivity index (χ0v) is 13.4. The van der Waals surface area contributed by atoms with Gasteiger partial charge in [-0.3, -0.25) is 0 Å². The van der Waals surface area contributed by atoms with Crippen molar-refractivity contribution in [3.05, 3.63) is 69.2 Å². The number of rotatable bonds is 4. The second kappa shape index (κ2) is 6.43. The van der Waals surface area contributed by atoms with Crippen LogP contribution in [0.1, 0.15) is 40.8 Å². The summed E-state index contributed by atoms with van der Waals surface area (Å²) in [6, 6.07) is 13.0. The summed E-state index contributed by atoms with van der Waals surface area (Å²) in [7, 11) is 0. The van der Waals surface area contributed by atoms with Gasteiger partial charge in [0.2, 0.25) is 0 Å². The third-order valence-corrected chi connectivity index (χ3v) is 4.04. The van der Waals surface area contributed by atoms with Gasteiger partial charge in [0.25, 0.3) is 0 Å². The van der Waals surface area contributed by atoms with Gasteiger partial charge >= 0.3 is 0 Å². The molecule has 2 rings (SSSR count). The Labute approximate surface area is 127 Å². The van der Waals surface area contributed by atoms with Gasteiger partial charge in [-0.15, -0.1) is 0 Å². The molecule has 0 radical (unpaired) electrons. The van der Waals surface area contributed by atoms with Gasteiger partial charge in [-0.2, -0.15) is 0 Å². The molecule has 0 spiro atoms. The third-order valence-electron chi connectivity index (χ3n) is 3.71. The first-order valence-corrected chi connectivity index (χ1v) is 7.47. The molecule has 0 bridgehead atoms. The molecular formula is C18H22ClN. The van der Waals surface area contributed by atoms with Crippen molar-refractivity contribution < 1.29 is 0 Å². The van der Waals surface area contributed by atoms with Crippen molar-refractivity contribution in [3.8, 4) is 0 Å². The fraction of sp³-hybridized carbons (Fsp3) is 0.333. The Balaban J connectivity index is 2.51. The minimum absolute atomic E-state index is 0.145. The van der Waals surface area contributed by atoms with Crippen LogP contribution >= 0.6 is 11.6 Å². The van der Waals surface area contributed by atoms with Crippen molar-refractivity contribution in [2.45, 2.75) is 33.7 Å². The molecule has 0 saturated carbocycles. The van der Waals surface area contributed by atoms with Crippen molar-refractivity contribution >= 4 is 11.6 Å². The molecule has 0 aromatic heterocycles. The summed E-state index contributed by atoms with van der Waals surface area (Å²) >= 11 is 6.48. The largest absolute Gasteiger partial charge is 0.306 e.